The second kappa shape index (κ2) is 6.02. The van der Waals surface area contributed by atoms with E-state index in [2.05, 4.69) is 20.9 Å². The lowest BCUT2D eigenvalue weighted by molar-refractivity contribution is 0.232. The van der Waals surface area contributed by atoms with Crippen molar-refractivity contribution in [1.29, 1.82) is 0 Å². The third-order valence-electron chi connectivity index (χ3n) is 1.70. The Morgan fingerprint density at radius 3 is 2.86 bits per heavy atom. The Kier molecular flexibility index (Phi) is 4.94. The minimum Gasteiger partial charge on any atom is -0.475 e. The van der Waals surface area contributed by atoms with E-state index in [0.717, 1.165) is 29.7 Å². The molecule has 0 spiro atoms. The fourth-order valence-electron chi connectivity index (χ4n) is 1.15. The molecule has 0 saturated carbocycles. The highest BCUT2D eigenvalue weighted by molar-refractivity contribution is 9.09. The molecule has 78 valence electrons. The smallest absolute Gasteiger partial charge is 0.213 e. The molecule has 0 bridgehead atoms. The summed E-state index contributed by atoms with van der Waals surface area (Å²) in [5.74, 6) is 0.729. The van der Waals surface area contributed by atoms with Crippen molar-refractivity contribution >= 4 is 15.9 Å². The molecular formula is C11H16BrNO. The summed E-state index contributed by atoms with van der Waals surface area (Å²) in [6.45, 7) is 4.01. The molecule has 0 amide bonds. The molecule has 1 aromatic rings. The van der Waals surface area contributed by atoms with Crippen molar-refractivity contribution in [2.75, 3.05) is 5.33 Å². The van der Waals surface area contributed by atoms with E-state index >= 15 is 0 Å². The average Bonchev–Trinajstić information content (AvgIpc) is 2.14. The van der Waals surface area contributed by atoms with Crippen LogP contribution in [0.25, 0.3) is 0 Å². The molecule has 1 heterocycles. The van der Waals surface area contributed by atoms with Gasteiger partial charge in [0, 0.05) is 17.1 Å². The average molecular weight is 258 g/mol. The van der Waals surface area contributed by atoms with E-state index in [4.69, 9.17) is 4.74 Å². The van der Waals surface area contributed by atoms with Gasteiger partial charge in [-0.15, -0.1) is 0 Å². The van der Waals surface area contributed by atoms with Crippen LogP contribution in [0.1, 0.15) is 26.0 Å². The number of pyridine rings is 1. The summed E-state index contributed by atoms with van der Waals surface area (Å²) in [5.41, 5.74) is 1.10. The molecular weight excluding hydrogens is 242 g/mol. The van der Waals surface area contributed by atoms with E-state index in [-0.39, 0.29) is 6.10 Å². The normalized spacial score (nSPS) is 10.6. The molecule has 1 aromatic heterocycles. The van der Waals surface area contributed by atoms with Crippen LogP contribution in [-0.4, -0.2) is 16.4 Å². The Balaban J connectivity index is 2.59. The van der Waals surface area contributed by atoms with E-state index in [9.17, 15) is 0 Å². The van der Waals surface area contributed by atoms with Crippen LogP contribution >= 0.6 is 15.9 Å². The largest absolute Gasteiger partial charge is 0.475 e. The highest BCUT2D eigenvalue weighted by Gasteiger charge is 2.00. The summed E-state index contributed by atoms with van der Waals surface area (Å²) in [6, 6.07) is 5.93. The minimum atomic E-state index is 0.189. The van der Waals surface area contributed by atoms with Crippen molar-refractivity contribution in [2.45, 2.75) is 32.8 Å². The van der Waals surface area contributed by atoms with E-state index < -0.39 is 0 Å². The quantitative estimate of drug-likeness (QED) is 0.756. The van der Waals surface area contributed by atoms with Gasteiger partial charge in [0.25, 0.3) is 0 Å². The van der Waals surface area contributed by atoms with Gasteiger partial charge in [-0.25, -0.2) is 4.98 Å². The fraction of sp³-hybridized carbons (Fsp3) is 0.545. The first kappa shape index (κ1) is 11.5. The Bertz CT molecular complexity index is 276. The molecule has 0 aliphatic heterocycles. The molecule has 1 rings (SSSR count). The van der Waals surface area contributed by atoms with Crippen molar-refractivity contribution in [2.24, 2.45) is 0 Å². The Morgan fingerprint density at radius 1 is 1.43 bits per heavy atom. The minimum absolute atomic E-state index is 0.189. The lowest BCUT2D eigenvalue weighted by Gasteiger charge is -2.09. The molecule has 0 unspecified atom stereocenters. The molecule has 0 aliphatic carbocycles. The number of aromatic nitrogens is 1. The van der Waals surface area contributed by atoms with Gasteiger partial charge in [0.2, 0.25) is 5.88 Å². The maximum absolute atomic E-state index is 5.51. The number of hydrogen-bond donors (Lipinski definition) is 0. The molecule has 2 nitrogen and oxygen atoms in total. The van der Waals surface area contributed by atoms with Crippen LogP contribution in [0.2, 0.25) is 0 Å². The highest BCUT2D eigenvalue weighted by Crippen LogP contribution is 2.11. The molecule has 0 atom stereocenters. The van der Waals surface area contributed by atoms with Crippen LogP contribution < -0.4 is 4.74 Å². The van der Waals surface area contributed by atoms with Gasteiger partial charge < -0.3 is 4.74 Å². The molecule has 0 N–H and O–H groups in total. The summed E-state index contributed by atoms with van der Waals surface area (Å²) >= 11 is 3.41. The molecule has 0 radical (unpaired) electrons. The van der Waals surface area contributed by atoms with Crippen LogP contribution in [0, 0.1) is 0 Å². The van der Waals surface area contributed by atoms with Gasteiger partial charge in [0.1, 0.15) is 0 Å². The maximum atomic E-state index is 5.51. The predicted molar refractivity (Wildman–Crippen MR) is 62.1 cm³/mol. The van der Waals surface area contributed by atoms with Crippen LogP contribution in [0.15, 0.2) is 18.2 Å². The van der Waals surface area contributed by atoms with E-state index in [1.807, 2.05) is 32.0 Å². The SMILES string of the molecule is CC(C)Oc1cccc(CCCBr)n1. The van der Waals surface area contributed by atoms with Crippen molar-refractivity contribution in [3.8, 4) is 5.88 Å². The first-order valence-corrected chi connectivity index (χ1v) is 6.03. The van der Waals surface area contributed by atoms with Crippen LogP contribution in [-0.2, 0) is 6.42 Å². The van der Waals surface area contributed by atoms with Crippen molar-refractivity contribution in [3.05, 3.63) is 23.9 Å². The molecule has 3 heteroatoms. The summed E-state index contributed by atoms with van der Waals surface area (Å²) in [5, 5.41) is 1.02. The number of hydrogen-bond acceptors (Lipinski definition) is 2. The molecule has 0 fully saturated rings. The van der Waals surface area contributed by atoms with E-state index in [1.165, 1.54) is 0 Å². The van der Waals surface area contributed by atoms with Gasteiger partial charge in [-0.2, -0.15) is 0 Å². The number of ether oxygens (including phenoxy) is 1. The van der Waals surface area contributed by atoms with Gasteiger partial charge in [0.15, 0.2) is 0 Å². The number of aryl methyl sites for hydroxylation is 1. The van der Waals surface area contributed by atoms with Crippen LogP contribution in [0.4, 0.5) is 0 Å². The van der Waals surface area contributed by atoms with Gasteiger partial charge in [-0.3, -0.25) is 0 Å². The van der Waals surface area contributed by atoms with Gasteiger partial charge >= 0.3 is 0 Å². The first-order chi connectivity index (χ1) is 6.72. The third kappa shape index (κ3) is 4.09. The fourth-order valence-corrected chi connectivity index (χ4v) is 1.43. The van der Waals surface area contributed by atoms with E-state index in [0.29, 0.717) is 0 Å². The zero-order chi connectivity index (χ0) is 10.4. The van der Waals surface area contributed by atoms with Gasteiger partial charge in [-0.1, -0.05) is 22.0 Å². The first-order valence-electron chi connectivity index (χ1n) is 4.91. The lowest BCUT2D eigenvalue weighted by atomic mass is 10.2. The Morgan fingerprint density at radius 2 is 2.21 bits per heavy atom. The van der Waals surface area contributed by atoms with Crippen molar-refractivity contribution < 1.29 is 4.74 Å². The zero-order valence-electron chi connectivity index (χ0n) is 8.66. The van der Waals surface area contributed by atoms with Gasteiger partial charge in [0.05, 0.1) is 6.10 Å². The molecule has 0 aliphatic rings. The Labute approximate surface area is 93.8 Å². The second-order valence-corrected chi connectivity index (χ2v) is 4.22. The second-order valence-electron chi connectivity index (χ2n) is 3.43. The molecule has 0 saturated heterocycles. The summed E-state index contributed by atoms with van der Waals surface area (Å²) < 4.78 is 5.51. The summed E-state index contributed by atoms with van der Waals surface area (Å²) in [4.78, 5) is 4.41. The lowest BCUT2D eigenvalue weighted by Crippen LogP contribution is -2.07. The topological polar surface area (TPSA) is 22.1 Å². The van der Waals surface area contributed by atoms with Crippen LogP contribution in [0.5, 0.6) is 5.88 Å². The number of alkyl halides is 1. The summed E-state index contributed by atoms with van der Waals surface area (Å²) in [7, 11) is 0. The van der Waals surface area contributed by atoms with E-state index in [1.54, 1.807) is 0 Å². The predicted octanol–water partition coefficient (Wildman–Crippen LogP) is 3.20. The van der Waals surface area contributed by atoms with Crippen molar-refractivity contribution in [1.82, 2.24) is 4.98 Å². The number of nitrogens with zero attached hydrogens (tertiary/aromatic N) is 1. The standard InChI is InChI=1S/C11H16BrNO/c1-9(2)14-11-7-3-5-10(13-11)6-4-8-12/h3,5,7,9H,4,6,8H2,1-2H3. The highest BCUT2D eigenvalue weighted by atomic mass is 79.9. The number of halogens is 1. The van der Waals surface area contributed by atoms with Crippen LogP contribution in [0.3, 0.4) is 0 Å². The third-order valence-corrected chi connectivity index (χ3v) is 2.26. The molecule has 0 aromatic carbocycles. The number of rotatable bonds is 5. The molecule has 14 heavy (non-hydrogen) atoms. The maximum Gasteiger partial charge on any atom is 0.213 e. The zero-order valence-corrected chi connectivity index (χ0v) is 10.3. The summed E-state index contributed by atoms with van der Waals surface area (Å²) in [6.07, 6.45) is 2.30. The monoisotopic (exact) mass is 257 g/mol. The van der Waals surface area contributed by atoms with Crippen molar-refractivity contribution in [3.63, 3.8) is 0 Å². The Hall–Kier alpha value is -0.570. The van der Waals surface area contributed by atoms with Gasteiger partial charge in [-0.05, 0) is 32.8 Å².